The monoisotopic (exact) mass is 316 g/mol. The van der Waals surface area contributed by atoms with E-state index in [0.29, 0.717) is 24.7 Å². The fourth-order valence-electron chi connectivity index (χ4n) is 1.61. The molecule has 0 aliphatic heterocycles. The van der Waals surface area contributed by atoms with Crippen LogP contribution in [0.4, 0.5) is 9.18 Å². The molecule has 0 aromatic heterocycles. The molecule has 0 aliphatic carbocycles. The van der Waals surface area contributed by atoms with E-state index in [4.69, 9.17) is 16.3 Å². The van der Waals surface area contributed by atoms with Gasteiger partial charge in [0.15, 0.2) is 0 Å². The molecule has 6 heteroatoms. The first kappa shape index (κ1) is 17.7. The number of halogens is 2. The lowest BCUT2D eigenvalue weighted by molar-refractivity contribution is 0.0527. The maximum absolute atomic E-state index is 12.9. The van der Waals surface area contributed by atoms with E-state index in [2.05, 4.69) is 10.6 Å². The molecule has 1 aromatic rings. The van der Waals surface area contributed by atoms with Crippen molar-refractivity contribution in [2.45, 2.75) is 39.3 Å². The number of carbonyl (C=O) groups is 1. The Morgan fingerprint density at radius 1 is 1.33 bits per heavy atom. The second-order valence-corrected chi connectivity index (χ2v) is 6.10. The van der Waals surface area contributed by atoms with E-state index in [1.807, 2.05) is 20.8 Å². The summed E-state index contributed by atoms with van der Waals surface area (Å²) in [5.74, 6) is -0.342. The Balaban J connectivity index is 2.13. The van der Waals surface area contributed by atoms with Gasteiger partial charge in [-0.3, -0.25) is 0 Å². The third-order valence-electron chi connectivity index (χ3n) is 2.53. The van der Waals surface area contributed by atoms with E-state index in [0.717, 1.165) is 12.0 Å². The molecule has 0 saturated carbocycles. The van der Waals surface area contributed by atoms with E-state index in [1.165, 1.54) is 12.1 Å². The molecule has 0 fully saturated rings. The lowest BCUT2D eigenvalue weighted by Crippen LogP contribution is -2.33. The summed E-state index contributed by atoms with van der Waals surface area (Å²) in [5.41, 5.74) is 0.361. The molecule has 118 valence electrons. The summed E-state index contributed by atoms with van der Waals surface area (Å²) in [6.07, 6.45) is 0.349. The maximum Gasteiger partial charge on any atom is 0.407 e. The van der Waals surface area contributed by atoms with Crippen molar-refractivity contribution in [3.63, 3.8) is 0 Å². The van der Waals surface area contributed by atoms with Crippen molar-refractivity contribution in [2.75, 3.05) is 13.1 Å². The van der Waals surface area contributed by atoms with Crippen molar-refractivity contribution in [1.29, 1.82) is 0 Å². The first-order valence-electron chi connectivity index (χ1n) is 6.89. The number of rotatable bonds is 6. The second-order valence-electron chi connectivity index (χ2n) is 5.69. The van der Waals surface area contributed by atoms with Crippen LogP contribution in [0.3, 0.4) is 0 Å². The van der Waals surface area contributed by atoms with Gasteiger partial charge in [-0.05, 0) is 51.4 Å². The number of benzene rings is 1. The minimum absolute atomic E-state index is 0.342. The fraction of sp³-hybridized carbons (Fsp3) is 0.533. The fourth-order valence-corrected chi connectivity index (χ4v) is 1.84. The number of ether oxygens (including phenoxy) is 1. The molecule has 21 heavy (non-hydrogen) atoms. The molecule has 0 heterocycles. The van der Waals surface area contributed by atoms with E-state index in [-0.39, 0.29) is 5.82 Å². The smallest absolute Gasteiger partial charge is 0.407 e. The Labute approximate surface area is 130 Å². The number of hydrogen-bond acceptors (Lipinski definition) is 3. The highest BCUT2D eigenvalue weighted by atomic mass is 35.5. The van der Waals surface area contributed by atoms with Gasteiger partial charge in [-0.1, -0.05) is 17.7 Å². The molecule has 0 bridgehead atoms. The quantitative estimate of drug-likeness (QED) is 0.790. The molecule has 1 aromatic carbocycles. The number of carbonyl (C=O) groups excluding carboxylic acids is 1. The zero-order valence-electron chi connectivity index (χ0n) is 12.6. The summed E-state index contributed by atoms with van der Waals surface area (Å²) in [5, 5.41) is 6.28. The first-order chi connectivity index (χ1) is 9.78. The molecule has 0 spiro atoms. The van der Waals surface area contributed by atoms with Crippen LogP contribution >= 0.6 is 11.6 Å². The van der Waals surface area contributed by atoms with Gasteiger partial charge < -0.3 is 15.4 Å². The molecule has 0 atom stereocenters. The van der Waals surface area contributed by atoms with Gasteiger partial charge in [0.1, 0.15) is 11.4 Å². The summed E-state index contributed by atoms with van der Waals surface area (Å²) < 4.78 is 18.0. The summed E-state index contributed by atoms with van der Waals surface area (Å²) in [7, 11) is 0. The van der Waals surface area contributed by atoms with Gasteiger partial charge in [0.05, 0.1) is 0 Å². The average molecular weight is 317 g/mol. The van der Waals surface area contributed by atoms with Crippen molar-refractivity contribution in [3.05, 3.63) is 34.6 Å². The molecule has 4 nitrogen and oxygen atoms in total. The first-order valence-corrected chi connectivity index (χ1v) is 7.27. The Bertz CT molecular complexity index is 475. The van der Waals surface area contributed by atoms with Crippen LogP contribution in [0.25, 0.3) is 0 Å². The van der Waals surface area contributed by atoms with Crippen molar-refractivity contribution < 1.29 is 13.9 Å². The predicted molar refractivity (Wildman–Crippen MR) is 82.0 cm³/mol. The third kappa shape index (κ3) is 7.87. The molecular formula is C15H22ClFN2O2. The molecule has 1 amide bonds. The SMILES string of the molecule is CC(C)(C)OC(=O)NCCCNCc1ccc(F)cc1Cl. The van der Waals surface area contributed by atoms with Crippen LogP contribution in [0.2, 0.25) is 5.02 Å². The number of hydrogen-bond donors (Lipinski definition) is 2. The highest BCUT2D eigenvalue weighted by molar-refractivity contribution is 6.31. The Kier molecular flexibility index (Phi) is 6.92. The molecule has 0 saturated heterocycles. The second kappa shape index (κ2) is 8.20. The highest BCUT2D eigenvalue weighted by Gasteiger charge is 2.15. The Morgan fingerprint density at radius 2 is 2.05 bits per heavy atom. The van der Waals surface area contributed by atoms with E-state index >= 15 is 0 Å². The van der Waals surface area contributed by atoms with Crippen molar-refractivity contribution >= 4 is 17.7 Å². The van der Waals surface area contributed by atoms with Crippen molar-refractivity contribution in [3.8, 4) is 0 Å². The zero-order chi connectivity index (χ0) is 15.9. The standard InChI is InChI=1S/C15H22ClFN2O2/c1-15(2,3)21-14(20)19-8-4-7-18-10-11-5-6-12(17)9-13(11)16/h5-6,9,18H,4,7-8,10H2,1-3H3,(H,19,20). The molecule has 0 aliphatic rings. The summed E-state index contributed by atoms with van der Waals surface area (Å²) in [4.78, 5) is 11.4. The molecule has 1 rings (SSSR count). The van der Waals surface area contributed by atoms with Crippen LogP contribution in [0.15, 0.2) is 18.2 Å². The van der Waals surface area contributed by atoms with Gasteiger partial charge in [0.25, 0.3) is 0 Å². The minimum atomic E-state index is -0.484. The van der Waals surface area contributed by atoms with Crippen LogP contribution in [0.5, 0.6) is 0 Å². The largest absolute Gasteiger partial charge is 0.444 e. The normalized spacial score (nSPS) is 11.3. The average Bonchev–Trinajstić information content (AvgIpc) is 2.33. The van der Waals surface area contributed by atoms with E-state index < -0.39 is 11.7 Å². The lowest BCUT2D eigenvalue weighted by Gasteiger charge is -2.19. The van der Waals surface area contributed by atoms with Gasteiger partial charge in [-0.15, -0.1) is 0 Å². The van der Waals surface area contributed by atoms with Crippen molar-refractivity contribution in [2.24, 2.45) is 0 Å². The van der Waals surface area contributed by atoms with E-state index in [1.54, 1.807) is 6.07 Å². The molecule has 0 radical (unpaired) electrons. The lowest BCUT2D eigenvalue weighted by atomic mass is 10.2. The van der Waals surface area contributed by atoms with Gasteiger partial charge in [0, 0.05) is 18.1 Å². The maximum atomic E-state index is 12.9. The van der Waals surface area contributed by atoms with E-state index in [9.17, 15) is 9.18 Å². The number of amides is 1. The number of nitrogens with one attached hydrogen (secondary N) is 2. The van der Waals surface area contributed by atoms with Crippen LogP contribution in [-0.4, -0.2) is 24.8 Å². The number of alkyl carbamates (subject to hydrolysis) is 1. The summed E-state index contributed by atoms with van der Waals surface area (Å²) in [6, 6.07) is 4.33. The highest BCUT2D eigenvalue weighted by Crippen LogP contribution is 2.16. The van der Waals surface area contributed by atoms with Gasteiger partial charge in [-0.25, -0.2) is 9.18 Å². The van der Waals surface area contributed by atoms with Gasteiger partial charge in [-0.2, -0.15) is 0 Å². The minimum Gasteiger partial charge on any atom is -0.444 e. The Hall–Kier alpha value is -1.33. The van der Waals surface area contributed by atoms with Crippen molar-refractivity contribution in [1.82, 2.24) is 10.6 Å². The Morgan fingerprint density at radius 3 is 2.67 bits per heavy atom. The third-order valence-corrected chi connectivity index (χ3v) is 2.88. The summed E-state index contributed by atoms with van der Waals surface area (Å²) in [6.45, 7) is 7.26. The van der Waals surface area contributed by atoms with Crippen LogP contribution in [0, 0.1) is 5.82 Å². The molecule has 2 N–H and O–H groups in total. The van der Waals surface area contributed by atoms with Crippen LogP contribution in [-0.2, 0) is 11.3 Å². The zero-order valence-corrected chi connectivity index (χ0v) is 13.4. The topological polar surface area (TPSA) is 50.4 Å². The van der Waals surface area contributed by atoms with Gasteiger partial charge in [0.2, 0.25) is 0 Å². The van der Waals surface area contributed by atoms with Crippen LogP contribution < -0.4 is 10.6 Å². The van der Waals surface area contributed by atoms with Gasteiger partial charge >= 0.3 is 6.09 Å². The molecular weight excluding hydrogens is 295 g/mol. The molecule has 0 unspecified atom stereocenters. The van der Waals surface area contributed by atoms with Crippen LogP contribution in [0.1, 0.15) is 32.8 Å². The summed E-state index contributed by atoms with van der Waals surface area (Å²) >= 11 is 5.92. The predicted octanol–water partition coefficient (Wildman–Crippen LogP) is 3.48.